The number of hydrogen-bond donors (Lipinski definition) is 1. The van der Waals surface area contributed by atoms with Gasteiger partial charge in [0.15, 0.2) is 0 Å². The van der Waals surface area contributed by atoms with E-state index in [1.807, 2.05) is 18.2 Å². The number of rotatable bonds is 8. The quantitative estimate of drug-likeness (QED) is 0.760. The maximum Gasteiger partial charge on any atom is 0.122 e. The Morgan fingerprint density at radius 1 is 0.957 bits per heavy atom. The Labute approximate surface area is 137 Å². The molecule has 23 heavy (non-hydrogen) atoms. The van der Waals surface area contributed by atoms with Crippen LogP contribution in [0.4, 0.5) is 0 Å². The SMILES string of the molecule is COc1cc(OC)cc(C(C)(O)COCCc2ccccc2)c1. The summed E-state index contributed by atoms with van der Waals surface area (Å²) in [6, 6.07) is 15.5. The zero-order valence-corrected chi connectivity index (χ0v) is 13.9. The average molecular weight is 316 g/mol. The summed E-state index contributed by atoms with van der Waals surface area (Å²) in [6.07, 6.45) is 0.818. The fourth-order valence-corrected chi connectivity index (χ4v) is 2.31. The number of aliphatic hydroxyl groups is 1. The monoisotopic (exact) mass is 316 g/mol. The maximum absolute atomic E-state index is 10.7. The van der Waals surface area contributed by atoms with Crippen LogP contribution in [0, 0.1) is 0 Å². The highest BCUT2D eigenvalue weighted by molar-refractivity contribution is 5.40. The molecule has 0 spiro atoms. The molecule has 1 N–H and O–H groups in total. The van der Waals surface area contributed by atoms with Crippen LogP contribution in [0.1, 0.15) is 18.1 Å². The first-order valence-electron chi connectivity index (χ1n) is 7.63. The molecule has 0 saturated heterocycles. The molecule has 1 atom stereocenters. The van der Waals surface area contributed by atoms with Gasteiger partial charge in [-0.15, -0.1) is 0 Å². The van der Waals surface area contributed by atoms with Gasteiger partial charge in [-0.25, -0.2) is 0 Å². The molecule has 0 aliphatic rings. The highest BCUT2D eigenvalue weighted by atomic mass is 16.5. The molecule has 4 nitrogen and oxygen atoms in total. The smallest absolute Gasteiger partial charge is 0.122 e. The fourth-order valence-electron chi connectivity index (χ4n) is 2.31. The van der Waals surface area contributed by atoms with E-state index >= 15 is 0 Å². The number of methoxy groups -OCH3 is 2. The molecule has 0 bridgehead atoms. The third-order valence-electron chi connectivity index (χ3n) is 3.73. The first-order valence-corrected chi connectivity index (χ1v) is 7.63. The summed E-state index contributed by atoms with van der Waals surface area (Å²) in [6.45, 7) is 2.49. The third kappa shape index (κ3) is 4.98. The van der Waals surface area contributed by atoms with Crippen molar-refractivity contribution in [2.24, 2.45) is 0 Å². The van der Waals surface area contributed by atoms with E-state index in [9.17, 15) is 5.11 Å². The molecular weight excluding hydrogens is 292 g/mol. The van der Waals surface area contributed by atoms with Crippen molar-refractivity contribution in [3.63, 3.8) is 0 Å². The molecule has 0 aromatic heterocycles. The molecule has 124 valence electrons. The van der Waals surface area contributed by atoms with Gasteiger partial charge in [-0.1, -0.05) is 30.3 Å². The first kappa shape index (κ1) is 17.3. The summed E-state index contributed by atoms with van der Waals surface area (Å²) in [5.41, 5.74) is 0.807. The molecule has 2 aromatic rings. The van der Waals surface area contributed by atoms with Crippen molar-refractivity contribution < 1.29 is 19.3 Å². The van der Waals surface area contributed by atoms with Crippen LogP contribution in [0.15, 0.2) is 48.5 Å². The molecule has 0 aliphatic heterocycles. The van der Waals surface area contributed by atoms with Gasteiger partial charge in [0.2, 0.25) is 0 Å². The summed E-state index contributed by atoms with van der Waals surface area (Å²) >= 11 is 0. The largest absolute Gasteiger partial charge is 0.497 e. The van der Waals surface area contributed by atoms with E-state index in [0.717, 1.165) is 6.42 Å². The number of ether oxygens (including phenoxy) is 3. The summed E-state index contributed by atoms with van der Waals surface area (Å²) in [4.78, 5) is 0. The minimum absolute atomic E-state index is 0.205. The summed E-state index contributed by atoms with van der Waals surface area (Å²) < 4.78 is 16.2. The summed E-state index contributed by atoms with van der Waals surface area (Å²) in [5, 5.41) is 10.7. The first-order chi connectivity index (χ1) is 11.0. The second-order valence-electron chi connectivity index (χ2n) is 5.66. The third-order valence-corrected chi connectivity index (χ3v) is 3.73. The van der Waals surface area contributed by atoms with Crippen molar-refractivity contribution in [2.75, 3.05) is 27.4 Å². The van der Waals surface area contributed by atoms with Crippen molar-refractivity contribution in [2.45, 2.75) is 18.9 Å². The molecule has 0 fully saturated rings. The minimum atomic E-state index is -1.11. The Morgan fingerprint density at radius 3 is 2.13 bits per heavy atom. The molecule has 0 amide bonds. The van der Waals surface area contributed by atoms with Crippen LogP contribution in [-0.4, -0.2) is 32.5 Å². The number of hydrogen-bond acceptors (Lipinski definition) is 4. The van der Waals surface area contributed by atoms with Gasteiger partial charge in [0, 0.05) is 6.07 Å². The highest BCUT2D eigenvalue weighted by Gasteiger charge is 2.25. The van der Waals surface area contributed by atoms with Crippen LogP contribution < -0.4 is 9.47 Å². The summed E-state index contributed by atoms with van der Waals surface area (Å²) in [5.74, 6) is 1.29. The van der Waals surface area contributed by atoms with Crippen LogP contribution in [-0.2, 0) is 16.8 Å². The van der Waals surface area contributed by atoms with E-state index in [4.69, 9.17) is 14.2 Å². The van der Waals surface area contributed by atoms with E-state index in [1.54, 1.807) is 39.3 Å². The maximum atomic E-state index is 10.7. The van der Waals surface area contributed by atoms with E-state index in [1.165, 1.54) is 5.56 Å². The molecule has 1 unspecified atom stereocenters. The second kappa shape index (κ2) is 7.99. The van der Waals surface area contributed by atoms with Crippen molar-refractivity contribution in [1.29, 1.82) is 0 Å². The van der Waals surface area contributed by atoms with Gasteiger partial charge in [-0.3, -0.25) is 0 Å². The Kier molecular flexibility index (Phi) is 6.02. The van der Waals surface area contributed by atoms with Gasteiger partial charge >= 0.3 is 0 Å². The Bertz CT molecular complexity index is 586. The zero-order valence-electron chi connectivity index (χ0n) is 13.9. The Balaban J connectivity index is 1.95. The van der Waals surface area contributed by atoms with Gasteiger partial charge in [-0.2, -0.15) is 0 Å². The van der Waals surface area contributed by atoms with E-state index in [0.29, 0.717) is 23.7 Å². The van der Waals surface area contributed by atoms with Crippen molar-refractivity contribution in [1.82, 2.24) is 0 Å². The van der Waals surface area contributed by atoms with Crippen LogP contribution >= 0.6 is 0 Å². The van der Waals surface area contributed by atoms with Gasteiger partial charge in [0.1, 0.15) is 17.1 Å². The molecule has 2 aromatic carbocycles. The van der Waals surface area contributed by atoms with E-state index in [-0.39, 0.29) is 6.61 Å². The van der Waals surface area contributed by atoms with Crippen LogP contribution in [0.2, 0.25) is 0 Å². The topological polar surface area (TPSA) is 47.9 Å². The standard InChI is InChI=1S/C19H24O4/c1-19(20,14-23-10-9-15-7-5-4-6-8-15)16-11-17(21-2)13-18(12-16)22-3/h4-8,11-13,20H,9-10,14H2,1-3H3. The summed E-state index contributed by atoms with van der Waals surface area (Å²) in [7, 11) is 3.17. The molecule has 0 saturated carbocycles. The Morgan fingerprint density at radius 2 is 1.57 bits per heavy atom. The van der Waals surface area contributed by atoms with Gasteiger partial charge in [0.05, 0.1) is 27.4 Å². The molecule has 2 rings (SSSR count). The van der Waals surface area contributed by atoms with Crippen molar-refractivity contribution in [3.8, 4) is 11.5 Å². The van der Waals surface area contributed by atoms with Crippen molar-refractivity contribution >= 4 is 0 Å². The molecule has 4 heteroatoms. The lowest BCUT2D eigenvalue weighted by Crippen LogP contribution is -2.28. The molecule has 0 aliphatic carbocycles. The van der Waals surface area contributed by atoms with E-state index in [2.05, 4.69) is 12.1 Å². The molecular formula is C19H24O4. The zero-order chi connectivity index (χ0) is 16.7. The van der Waals surface area contributed by atoms with Crippen molar-refractivity contribution in [3.05, 3.63) is 59.7 Å². The van der Waals surface area contributed by atoms with Gasteiger partial charge < -0.3 is 19.3 Å². The van der Waals surface area contributed by atoms with E-state index < -0.39 is 5.60 Å². The lowest BCUT2D eigenvalue weighted by molar-refractivity contribution is -0.0371. The Hall–Kier alpha value is -2.04. The van der Waals surface area contributed by atoms with Gasteiger partial charge in [-0.05, 0) is 36.6 Å². The average Bonchev–Trinajstić information content (AvgIpc) is 2.59. The fraction of sp³-hybridized carbons (Fsp3) is 0.368. The lowest BCUT2D eigenvalue weighted by Gasteiger charge is -2.24. The second-order valence-corrected chi connectivity index (χ2v) is 5.66. The van der Waals surface area contributed by atoms with Crippen LogP contribution in [0.5, 0.6) is 11.5 Å². The van der Waals surface area contributed by atoms with Crippen LogP contribution in [0.25, 0.3) is 0 Å². The normalized spacial score (nSPS) is 13.4. The van der Waals surface area contributed by atoms with Crippen LogP contribution in [0.3, 0.4) is 0 Å². The highest BCUT2D eigenvalue weighted by Crippen LogP contribution is 2.30. The minimum Gasteiger partial charge on any atom is -0.497 e. The molecule has 0 radical (unpaired) electrons. The molecule has 0 heterocycles. The number of benzene rings is 2. The van der Waals surface area contributed by atoms with Gasteiger partial charge in [0.25, 0.3) is 0 Å². The predicted octanol–water partition coefficient (Wildman–Crippen LogP) is 3.17. The lowest BCUT2D eigenvalue weighted by atomic mass is 9.96. The predicted molar refractivity (Wildman–Crippen MR) is 90.1 cm³/mol.